The number of nitrogens with zero attached hydrogens (tertiary/aromatic N) is 1. The number of hydrogen-bond donors (Lipinski definition) is 2. The van der Waals surface area contributed by atoms with E-state index in [2.05, 4.69) is 17.6 Å². The number of ether oxygens (including phenoxy) is 2. The zero-order chi connectivity index (χ0) is 31.1. The van der Waals surface area contributed by atoms with Crippen molar-refractivity contribution in [1.29, 1.82) is 0 Å². The highest BCUT2D eigenvalue weighted by molar-refractivity contribution is 7.98. The lowest BCUT2D eigenvalue weighted by Crippen LogP contribution is -2.52. The van der Waals surface area contributed by atoms with Crippen molar-refractivity contribution >= 4 is 35.4 Å². The van der Waals surface area contributed by atoms with Crippen LogP contribution in [0.5, 0.6) is 5.75 Å². The van der Waals surface area contributed by atoms with E-state index >= 15 is 0 Å². The molecule has 0 aromatic heterocycles. The molecule has 8 nitrogen and oxygen atoms in total. The second-order valence-electron chi connectivity index (χ2n) is 11.5. The smallest absolute Gasteiger partial charge is 0.408 e. The van der Waals surface area contributed by atoms with Gasteiger partial charge in [0.15, 0.2) is 0 Å². The highest BCUT2D eigenvalue weighted by atomic mass is 32.2. The molecule has 0 aliphatic carbocycles. The lowest BCUT2D eigenvalue weighted by molar-refractivity contribution is -0.141. The topological polar surface area (TPSA) is 97.0 Å². The number of unbranched alkanes of at least 4 members (excludes halogenated alkanes) is 4. The van der Waals surface area contributed by atoms with Crippen LogP contribution >= 0.6 is 11.8 Å². The van der Waals surface area contributed by atoms with E-state index in [4.69, 9.17) is 9.47 Å². The van der Waals surface area contributed by atoms with E-state index in [0.29, 0.717) is 35.7 Å². The number of benzene rings is 2. The Morgan fingerprint density at radius 2 is 1.69 bits per heavy atom. The Kier molecular flexibility index (Phi) is 14.7. The number of rotatable bonds is 16. The van der Waals surface area contributed by atoms with Gasteiger partial charge < -0.3 is 25.0 Å². The molecule has 232 valence electrons. The van der Waals surface area contributed by atoms with E-state index in [1.54, 1.807) is 68.8 Å². The van der Waals surface area contributed by atoms with Gasteiger partial charge in [-0.1, -0.05) is 62.4 Å². The normalized spacial score (nSPS) is 12.6. The van der Waals surface area contributed by atoms with Gasteiger partial charge in [0.2, 0.25) is 5.91 Å². The lowest BCUT2D eigenvalue weighted by Gasteiger charge is -2.34. The molecule has 9 heteroatoms. The molecule has 2 N–H and O–H groups in total. The maximum absolute atomic E-state index is 14.4. The average Bonchev–Trinajstić information content (AvgIpc) is 2.93. The molecule has 2 aromatic rings. The summed E-state index contributed by atoms with van der Waals surface area (Å²) in [5, 5.41) is 5.81. The zero-order valence-corrected chi connectivity index (χ0v) is 27.1. The zero-order valence-electron chi connectivity index (χ0n) is 26.3. The fourth-order valence-corrected chi connectivity index (χ4v) is 5.06. The molecule has 3 amide bonds. The Labute approximate surface area is 256 Å². The van der Waals surface area contributed by atoms with Crippen LogP contribution in [0, 0.1) is 6.92 Å². The van der Waals surface area contributed by atoms with Crippen molar-refractivity contribution in [3.8, 4) is 5.75 Å². The molecule has 2 atom stereocenters. The maximum Gasteiger partial charge on any atom is 0.408 e. The van der Waals surface area contributed by atoms with Gasteiger partial charge in [0.05, 0.1) is 7.11 Å². The van der Waals surface area contributed by atoms with Crippen LogP contribution < -0.4 is 15.4 Å². The summed E-state index contributed by atoms with van der Waals surface area (Å²) in [5.41, 5.74) is 1.58. The summed E-state index contributed by atoms with van der Waals surface area (Å²) in [6, 6.07) is 13.0. The maximum atomic E-state index is 14.4. The van der Waals surface area contributed by atoms with Gasteiger partial charge in [-0.15, -0.1) is 0 Å². The van der Waals surface area contributed by atoms with Crippen LogP contribution in [0.2, 0.25) is 0 Å². The summed E-state index contributed by atoms with van der Waals surface area (Å²) in [6.07, 6.45) is 6.67. The van der Waals surface area contributed by atoms with Crippen LogP contribution in [-0.4, -0.2) is 60.1 Å². The fourth-order valence-electron chi connectivity index (χ4n) is 4.59. The first-order valence-electron chi connectivity index (χ1n) is 14.8. The van der Waals surface area contributed by atoms with E-state index in [1.807, 2.05) is 37.4 Å². The quantitative estimate of drug-likeness (QED) is 0.199. The van der Waals surface area contributed by atoms with Gasteiger partial charge in [-0.3, -0.25) is 9.59 Å². The number of carbonyl (C=O) groups excluding carboxylic acids is 3. The first kappa shape index (κ1) is 35.0. The second kappa shape index (κ2) is 17.7. The van der Waals surface area contributed by atoms with Crippen molar-refractivity contribution in [2.75, 3.05) is 31.0 Å². The van der Waals surface area contributed by atoms with Crippen molar-refractivity contribution < 1.29 is 23.9 Å². The average molecular weight is 600 g/mol. The summed E-state index contributed by atoms with van der Waals surface area (Å²) < 4.78 is 10.7. The Morgan fingerprint density at radius 1 is 1.00 bits per heavy atom. The third kappa shape index (κ3) is 12.0. The predicted molar refractivity (Wildman–Crippen MR) is 172 cm³/mol. The molecule has 0 aliphatic rings. The second-order valence-corrected chi connectivity index (χ2v) is 12.4. The summed E-state index contributed by atoms with van der Waals surface area (Å²) in [5.74, 6) is 0.705. The van der Waals surface area contributed by atoms with Crippen LogP contribution in [0.3, 0.4) is 0 Å². The van der Waals surface area contributed by atoms with E-state index in [9.17, 15) is 14.4 Å². The van der Waals surface area contributed by atoms with E-state index in [0.717, 1.165) is 37.7 Å². The largest absolute Gasteiger partial charge is 0.497 e. The van der Waals surface area contributed by atoms with Crippen LogP contribution in [-0.2, 0) is 14.3 Å². The standard InChI is InChI=1S/C33H49N3O5S/c1-8-9-10-11-12-21-36(31(38)28(20-22-42-7)35-32(39)41-33(3,4)5)29(25-15-13-14-24(2)23-25)30(37)34-26-16-18-27(40-6)19-17-26/h13-19,23,28-29H,8-12,20-22H2,1-7H3,(H,34,37)(H,35,39). The minimum absolute atomic E-state index is 0.304. The van der Waals surface area contributed by atoms with Gasteiger partial charge in [0.1, 0.15) is 23.4 Å². The number of thioether (sulfide) groups is 1. The summed E-state index contributed by atoms with van der Waals surface area (Å²) >= 11 is 1.59. The highest BCUT2D eigenvalue weighted by Crippen LogP contribution is 2.27. The molecule has 0 saturated heterocycles. The van der Waals surface area contributed by atoms with Gasteiger partial charge in [0, 0.05) is 12.2 Å². The fraction of sp³-hybridized carbons (Fsp3) is 0.545. The third-order valence-electron chi connectivity index (χ3n) is 6.66. The molecule has 2 aromatic carbocycles. The minimum atomic E-state index is -0.900. The van der Waals surface area contributed by atoms with Crippen molar-refractivity contribution in [2.45, 2.75) is 90.8 Å². The molecule has 0 saturated carbocycles. The first-order valence-corrected chi connectivity index (χ1v) is 16.2. The van der Waals surface area contributed by atoms with Crippen LogP contribution in [0.1, 0.15) is 83.4 Å². The third-order valence-corrected chi connectivity index (χ3v) is 7.30. The molecule has 0 heterocycles. The monoisotopic (exact) mass is 599 g/mol. The summed E-state index contributed by atoms with van der Waals surface area (Å²) in [7, 11) is 1.59. The number of anilines is 1. The molecule has 0 radical (unpaired) electrons. The molecular weight excluding hydrogens is 550 g/mol. The predicted octanol–water partition coefficient (Wildman–Crippen LogP) is 7.13. The van der Waals surface area contributed by atoms with Gasteiger partial charge >= 0.3 is 6.09 Å². The molecule has 2 unspecified atom stereocenters. The summed E-state index contributed by atoms with van der Waals surface area (Å²) in [4.78, 5) is 42.9. The number of alkyl carbamates (subject to hydrolysis) is 1. The molecule has 42 heavy (non-hydrogen) atoms. The molecular formula is C33H49N3O5S. The molecule has 2 rings (SSSR count). The highest BCUT2D eigenvalue weighted by Gasteiger charge is 2.36. The van der Waals surface area contributed by atoms with Crippen LogP contribution in [0.15, 0.2) is 48.5 Å². The SMILES string of the molecule is CCCCCCCN(C(=O)C(CCSC)NC(=O)OC(C)(C)C)C(C(=O)Nc1ccc(OC)cc1)c1cccc(C)c1. The van der Waals surface area contributed by atoms with Gasteiger partial charge in [-0.05, 0) is 82.4 Å². The van der Waals surface area contributed by atoms with Crippen molar-refractivity contribution in [1.82, 2.24) is 10.2 Å². The van der Waals surface area contributed by atoms with E-state index in [-0.39, 0.29) is 11.8 Å². The van der Waals surface area contributed by atoms with Crippen molar-refractivity contribution in [2.24, 2.45) is 0 Å². The van der Waals surface area contributed by atoms with Crippen LogP contribution in [0.4, 0.5) is 10.5 Å². The number of hydrogen-bond acceptors (Lipinski definition) is 6. The van der Waals surface area contributed by atoms with Crippen LogP contribution in [0.25, 0.3) is 0 Å². The molecule has 0 spiro atoms. The number of amides is 3. The lowest BCUT2D eigenvalue weighted by atomic mass is 9.99. The van der Waals surface area contributed by atoms with Gasteiger partial charge in [-0.25, -0.2) is 4.79 Å². The number of carbonyl (C=O) groups is 3. The molecule has 0 fully saturated rings. The Balaban J connectivity index is 2.50. The van der Waals surface area contributed by atoms with Gasteiger partial charge in [0.25, 0.3) is 5.91 Å². The van der Waals surface area contributed by atoms with Crippen molar-refractivity contribution in [3.05, 3.63) is 59.7 Å². The number of methoxy groups -OCH3 is 1. The van der Waals surface area contributed by atoms with E-state index < -0.39 is 23.8 Å². The molecule has 0 bridgehead atoms. The Bertz CT molecular complexity index is 1130. The Hall–Kier alpha value is -3.20. The number of nitrogens with one attached hydrogen (secondary N) is 2. The van der Waals surface area contributed by atoms with Gasteiger partial charge in [-0.2, -0.15) is 11.8 Å². The number of aryl methyl sites for hydroxylation is 1. The molecule has 0 aliphatic heterocycles. The van der Waals surface area contributed by atoms with E-state index in [1.165, 1.54) is 0 Å². The Morgan fingerprint density at radius 3 is 2.29 bits per heavy atom. The van der Waals surface area contributed by atoms with Crippen molar-refractivity contribution in [3.63, 3.8) is 0 Å². The first-order chi connectivity index (χ1) is 20.0. The summed E-state index contributed by atoms with van der Waals surface area (Å²) in [6.45, 7) is 9.85. The minimum Gasteiger partial charge on any atom is -0.497 e.